The summed E-state index contributed by atoms with van der Waals surface area (Å²) in [7, 11) is 1.86. The van der Waals surface area contributed by atoms with Crippen LogP contribution in [0, 0.1) is 0 Å². The molecule has 1 aromatic heterocycles. The molecule has 6 nitrogen and oxygen atoms in total. The van der Waals surface area contributed by atoms with Gasteiger partial charge in [0.05, 0.1) is 25.5 Å². The van der Waals surface area contributed by atoms with E-state index in [0.29, 0.717) is 19.6 Å². The number of hydrogen-bond donors (Lipinski definition) is 2. The number of aryl methyl sites for hydroxylation is 1. The molecular formula is C11H18N4O2. The Morgan fingerprint density at radius 3 is 3.29 bits per heavy atom. The average Bonchev–Trinajstić information content (AvgIpc) is 2.74. The molecule has 1 aliphatic rings. The summed E-state index contributed by atoms with van der Waals surface area (Å²) in [6, 6.07) is 2.03. The molecule has 17 heavy (non-hydrogen) atoms. The predicted octanol–water partition coefficient (Wildman–Crippen LogP) is -0.585. The Labute approximate surface area is 100 Å². The van der Waals surface area contributed by atoms with E-state index in [1.54, 1.807) is 10.9 Å². The second-order valence-corrected chi connectivity index (χ2v) is 4.15. The maximum absolute atomic E-state index is 11.7. The monoisotopic (exact) mass is 238 g/mol. The summed E-state index contributed by atoms with van der Waals surface area (Å²) in [5.41, 5.74) is 0.992. The molecule has 1 fully saturated rings. The molecule has 0 spiro atoms. The molecule has 1 aliphatic heterocycles. The van der Waals surface area contributed by atoms with Crippen LogP contribution < -0.4 is 10.6 Å². The van der Waals surface area contributed by atoms with E-state index in [0.717, 1.165) is 18.8 Å². The zero-order chi connectivity index (χ0) is 12.1. The van der Waals surface area contributed by atoms with Crippen LogP contribution in [0.15, 0.2) is 12.3 Å². The standard InChI is InChI=1S/C11H18N4O2/c1-15-10(2-3-14-15)7-13-11(16)6-9-8-17-5-4-12-9/h2-3,9,12H,4-8H2,1H3,(H,13,16). The molecule has 0 aromatic carbocycles. The molecule has 0 aliphatic carbocycles. The van der Waals surface area contributed by atoms with Crippen LogP contribution in [0.1, 0.15) is 12.1 Å². The van der Waals surface area contributed by atoms with E-state index in [2.05, 4.69) is 15.7 Å². The quantitative estimate of drug-likeness (QED) is 0.736. The van der Waals surface area contributed by atoms with E-state index in [1.807, 2.05) is 13.1 Å². The van der Waals surface area contributed by atoms with Crippen molar-refractivity contribution in [3.05, 3.63) is 18.0 Å². The molecule has 1 saturated heterocycles. The van der Waals surface area contributed by atoms with Crippen molar-refractivity contribution in [3.63, 3.8) is 0 Å². The molecule has 2 N–H and O–H groups in total. The van der Waals surface area contributed by atoms with E-state index in [-0.39, 0.29) is 11.9 Å². The van der Waals surface area contributed by atoms with E-state index in [9.17, 15) is 4.79 Å². The zero-order valence-corrected chi connectivity index (χ0v) is 9.98. The molecule has 1 atom stereocenters. The maximum atomic E-state index is 11.7. The van der Waals surface area contributed by atoms with E-state index in [1.165, 1.54) is 0 Å². The van der Waals surface area contributed by atoms with E-state index >= 15 is 0 Å². The van der Waals surface area contributed by atoms with Crippen LogP contribution in [0.25, 0.3) is 0 Å². The summed E-state index contributed by atoms with van der Waals surface area (Å²) in [6.45, 7) is 2.68. The van der Waals surface area contributed by atoms with Crippen LogP contribution in [0.4, 0.5) is 0 Å². The van der Waals surface area contributed by atoms with Crippen molar-refractivity contribution in [1.29, 1.82) is 0 Å². The summed E-state index contributed by atoms with van der Waals surface area (Å²) in [5, 5.41) is 10.2. The fraction of sp³-hybridized carbons (Fsp3) is 0.636. The highest BCUT2D eigenvalue weighted by molar-refractivity contribution is 5.76. The zero-order valence-electron chi connectivity index (χ0n) is 9.98. The fourth-order valence-corrected chi connectivity index (χ4v) is 1.81. The number of nitrogens with zero attached hydrogens (tertiary/aromatic N) is 2. The maximum Gasteiger partial charge on any atom is 0.221 e. The Morgan fingerprint density at radius 2 is 2.65 bits per heavy atom. The molecule has 0 radical (unpaired) electrons. The van der Waals surface area contributed by atoms with Crippen molar-refractivity contribution in [2.45, 2.75) is 19.0 Å². The molecule has 94 valence electrons. The van der Waals surface area contributed by atoms with Gasteiger partial charge in [-0.15, -0.1) is 0 Å². The van der Waals surface area contributed by atoms with Crippen LogP contribution in [0.3, 0.4) is 0 Å². The summed E-state index contributed by atoms with van der Waals surface area (Å²) in [5.74, 6) is 0.0363. The SMILES string of the molecule is Cn1nccc1CNC(=O)CC1COCCN1. The number of hydrogen-bond acceptors (Lipinski definition) is 4. The normalized spacial score (nSPS) is 20.2. The van der Waals surface area contributed by atoms with Crippen molar-refractivity contribution in [3.8, 4) is 0 Å². The second kappa shape index (κ2) is 5.79. The fourth-order valence-electron chi connectivity index (χ4n) is 1.81. The van der Waals surface area contributed by atoms with Gasteiger partial charge in [-0.2, -0.15) is 5.10 Å². The third-order valence-corrected chi connectivity index (χ3v) is 2.82. The van der Waals surface area contributed by atoms with E-state index < -0.39 is 0 Å². The number of amides is 1. The number of aromatic nitrogens is 2. The number of carbonyl (C=O) groups excluding carboxylic acids is 1. The highest BCUT2D eigenvalue weighted by atomic mass is 16.5. The minimum absolute atomic E-state index is 0.0363. The summed E-state index contributed by atoms with van der Waals surface area (Å²) < 4.78 is 7.05. The van der Waals surface area contributed by atoms with Gasteiger partial charge in [-0.3, -0.25) is 9.48 Å². The van der Waals surface area contributed by atoms with Crippen LogP contribution in [-0.4, -0.2) is 41.5 Å². The molecular weight excluding hydrogens is 220 g/mol. The highest BCUT2D eigenvalue weighted by Crippen LogP contribution is 2.00. The van der Waals surface area contributed by atoms with Crippen LogP contribution in [-0.2, 0) is 23.1 Å². The molecule has 2 rings (SSSR count). The second-order valence-electron chi connectivity index (χ2n) is 4.15. The van der Waals surface area contributed by atoms with Gasteiger partial charge >= 0.3 is 0 Å². The molecule has 2 heterocycles. The number of carbonyl (C=O) groups is 1. The first-order chi connectivity index (χ1) is 8.25. The minimum Gasteiger partial charge on any atom is -0.378 e. The van der Waals surface area contributed by atoms with Crippen molar-refractivity contribution >= 4 is 5.91 Å². The van der Waals surface area contributed by atoms with Crippen molar-refractivity contribution in [2.75, 3.05) is 19.8 Å². The molecule has 0 saturated carbocycles. The van der Waals surface area contributed by atoms with E-state index in [4.69, 9.17) is 4.74 Å². The lowest BCUT2D eigenvalue weighted by Gasteiger charge is -2.23. The minimum atomic E-state index is 0.0363. The topological polar surface area (TPSA) is 68.2 Å². The van der Waals surface area contributed by atoms with Gasteiger partial charge in [-0.1, -0.05) is 0 Å². The van der Waals surface area contributed by atoms with Crippen molar-refractivity contribution in [1.82, 2.24) is 20.4 Å². The Hall–Kier alpha value is -1.40. The lowest BCUT2D eigenvalue weighted by Crippen LogP contribution is -2.44. The predicted molar refractivity (Wildman–Crippen MR) is 62.3 cm³/mol. The summed E-state index contributed by atoms with van der Waals surface area (Å²) >= 11 is 0. The Bertz CT molecular complexity index is 371. The van der Waals surface area contributed by atoms with Gasteiger partial charge in [0.2, 0.25) is 5.91 Å². The van der Waals surface area contributed by atoms with Gasteiger partial charge in [-0.25, -0.2) is 0 Å². The molecule has 1 amide bonds. The number of morpholine rings is 1. The van der Waals surface area contributed by atoms with Gasteiger partial charge in [0, 0.05) is 32.3 Å². The lowest BCUT2D eigenvalue weighted by molar-refractivity contribution is -0.122. The molecule has 6 heteroatoms. The molecule has 1 unspecified atom stereocenters. The van der Waals surface area contributed by atoms with Crippen LogP contribution >= 0.6 is 0 Å². The van der Waals surface area contributed by atoms with Gasteiger partial charge in [0.1, 0.15) is 0 Å². The third-order valence-electron chi connectivity index (χ3n) is 2.82. The molecule has 0 bridgehead atoms. The largest absolute Gasteiger partial charge is 0.378 e. The first-order valence-corrected chi connectivity index (χ1v) is 5.80. The summed E-state index contributed by atoms with van der Waals surface area (Å²) in [6.07, 6.45) is 2.18. The summed E-state index contributed by atoms with van der Waals surface area (Å²) in [4.78, 5) is 11.7. The first-order valence-electron chi connectivity index (χ1n) is 5.80. The van der Waals surface area contributed by atoms with Crippen LogP contribution in [0.5, 0.6) is 0 Å². The van der Waals surface area contributed by atoms with Gasteiger partial charge < -0.3 is 15.4 Å². The Balaban J connectivity index is 1.72. The van der Waals surface area contributed by atoms with Crippen molar-refractivity contribution < 1.29 is 9.53 Å². The highest BCUT2D eigenvalue weighted by Gasteiger charge is 2.16. The Morgan fingerprint density at radius 1 is 1.76 bits per heavy atom. The first kappa shape index (κ1) is 12.1. The third kappa shape index (κ3) is 3.54. The van der Waals surface area contributed by atoms with Gasteiger partial charge in [-0.05, 0) is 6.07 Å². The van der Waals surface area contributed by atoms with Crippen molar-refractivity contribution in [2.24, 2.45) is 7.05 Å². The average molecular weight is 238 g/mol. The van der Waals surface area contributed by atoms with Crippen LogP contribution in [0.2, 0.25) is 0 Å². The number of rotatable bonds is 4. The lowest BCUT2D eigenvalue weighted by atomic mass is 10.2. The number of nitrogens with one attached hydrogen (secondary N) is 2. The molecule has 1 aromatic rings. The number of ether oxygens (including phenoxy) is 1. The Kier molecular flexibility index (Phi) is 4.11. The van der Waals surface area contributed by atoms with Gasteiger partial charge in [0.15, 0.2) is 0 Å². The smallest absolute Gasteiger partial charge is 0.221 e. The van der Waals surface area contributed by atoms with Gasteiger partial charge in [0.25, 0.3) is 0 Å².